The number of hydrogen-bond acceptors (Lipinski definition) is 2. The minimum absolute atomic E-state index is 1.28. The molecule has 0 bridgehead atoms. The van der Waals surface area contributed by atoms with Crippen LogP contribution >= 0.6 is 23.5 Å². The summed E-state index contributed by atoms with van der Waals surface area (Å²) in [6, 6.07) is 28.4. The van der Waals surface area contributed by atoms with E-state index in [9.17, 15) is 0 Å². The van der Waals surface area contributed by atoms with E-state index >= 15 is 0 Å². The second-order valence-corrected chi connectivity index (χ2v) is 7.39. The zero-order chi connectivity index (χ0) is 15.6. The molecule has 0 aliphatic carbocycles. The molecule has 0 radical (unpaired) electrons. The number of hydrogen-bond donors (Lipinski definition) is 0. The highest BCUT2D eigenvalue weighted by Crippen LogP contribution is 2.38. The van der Waals surface area contributed by atoms with Crippen molar-refractivity contribution in [1.82, 2.24) is 0 Å². The maximum atomic E-state index is 2.28. The van der Waals surface area contributed by atoms with Crippen molar-refractivity contribution in [2.45, 2.75) is 14.7 Å². The highest BCUT2D eigenvalue weighted by Gasteiger charge is 2.07. The van der Waals surface area contributed by atoms with Crippen molar-refractivity contribution in [2.75, 3.05) is 6.26 Å². The predicted molar refractivity (Wildman–Crippen MR) is 104 cm³/mol. The Hall–Kier alpha value is -1.90. The van der Waals surface area contributed by atoms with Crippen LogP contribution in [0.3, 0.4) is 0 Å². The molecule has 4 rings (SSSR count). The van der Waals surface area contributed by atoms with Crippen LogP contribution in [0.15, 0.2) is 93.5 Å². The van der Waals surface area contributed by atoms with Crippen LogP contribution in [-0.2, 0) is 0 Å². The van der Waals surface area contributed by atoms with Crippen molar-refractivity contribution in [3.05, 3.63) is 78.9 Å². The van der Waals surface area contributed by atoms with Gasteiger partial charge in [-0.05, 0) is 52.1 Å². The average Bonchev–Trinajstić information content (AvgIpc) is 2.62. The van der Waals surface area contributed by atoms with Gasteiger partial charge in [0.05, 0.1) is 0 Å². The smallest absolute Gasteiger partial charge is 0.0201 e. The van der Waals surface area contributed by atoms with Gasteiger partial charge in [-0.15, -0.1) is 11.8 Å². The SMILES string of the molecule is CSc1ccc(Sc2ccc3ccccc3c2)c2ccccc12. The molecule has 0 unspecified atom stereocenters. The lowest BCUT2D eigenvalue weighted by Crippen LogP contribution is -1.82. The zero-order valence-electron chi connectivity index (χ0n) is 12.8. The van der Waals surface area contributed by atoms with E-state index in [2.05, 4.69) is 85.1 Å². The molecule has 0 aliphatic rings. The van der Waals surface area contributed by atoms with Gasteiger partial charge in [-0.25, -0.2) is 0 Å². The summed E-state index contributed by atoms with van der Waals surface area (Å²) < 4.78 is 0. The van der Waals surface area contributed by atoms with Crippen LogP contribution in [0.5, 0.6) is 0 Å². The van der Waals surface area contributed by atoms with Crippen LogP contribution in [-0.4, -0.2) is 6.26 Å². The van der Waals surface area contributed by atoms with Gasteiger partial charge in [-0.1, -0.05) is 66.4 Å². The van der Waals surface area contributed by atoms with E-state index in [1.54, 1.807) is 11.8 Å². The van der Waals surface area contributed by atoms with Crippen molar-refractivity contribution in [3.8, 4) is 0 Å². The molecule has 4 aromatic carbocycles. The molecule has 2 heteroatoms. The Morgan fingerprint density at radius 1 is 0.609 bits per heavy atom. The third-order valence-electron chi connectivity index (χ3n) is 4.01. The van der Waals surface area contributed by atoms with Gasteiger partial charge in [0.25, 0.3) is 0 Å². The molecule has 23 heavy (non-hydrogen) atoms. The highest BCUT2D eigenvalue weighted by atomic mass is 32.2. The lowest BCUT2D eigenvalue weighted by atomic mass is 10.1. The van der Waals surface area contributed by atoms with Crippen LogP contribution in [0, 0.1) is 0 Å². The monoisotopic (exact) mass is 332 g/mol. The fraction of sp³-hybridized carbons (Fsp3) is 0.0476. The van der Waals surface area contributed by atoms with E-state index in [-0.39, 0.29) is 0 Å². The van der Waals surface area contributed by atoms with E-state index in [0.717, 1.165) is 0 Å². The predicted octanol–water partition coefficient (Wildman–Crippen LogP) is 6.87. The number of thioether (sulfide) groups is 1. The first-order chi connectivity index (χ1) is 11.3. The van der Waals surface area contributed by atoms with Crippen LogP contribution in [0.25, 0.3) is 21.5 Å². The van der Waals surface area contributed by atoms with Gasteiger partial charge in [0.15, 0.2) is 0 Å². The largest absolute Gasteiger partial charge is 0.129 e. The Kier molecular flexibility index (Phi) is 4.02. The van der Waals surface area contributed by atoms with Crippen LogP contribution in [0.1, 0.15) is 0 Å². The molecule has 4 aromatic rings. The van der Waals surface area contributed by atoms with Gasteiger partial charge in [0, 0.05) is 14.7 Å². The first-order valence-electron chi connectivity index (χ1n) is 7.57. The van der Waals surface area contributed by atoms with Gasteiger partial charge >= 0.3 is 0 Å². The van der Waals surface area contributed by atoms with Gasteiger partial charge in [-0.3, -0.25) is 0 Å². The molecular weight excluding hydrogens is 316 g/mol. The van der Waals surface area contributed by atoms with E-state index < -0.39 is 0 Å². The average molecular weight is 332 g/mol. The lowest BCUT2D eigenvalue weighted by molar-refractivity contribution is 1.42. The molecule has 0 saturated carbocycles. The fourth-order valence-corrected chi connectivity index (χ4v) is 4.47. The van der Waals surface area contributed by atoms with E-state index in [1.807, 2.05) is 11.8 Å². The first-order valence-corrected chi connectivity index (χ1v) is 9.62. The Morgan fingerprint density at radius 3 is 2.04 bits per heavy atom. The highest BCUT2D eigenvalue weighted by molar-refractivity contribution is 7.99. The number of fused-ring (bicyclic) bond motifs is 2. The summed E-state index contributed by atoms with van der Waals surface area (Å²) in [4.78, 5) is 3.93. The Morgan fingerprint density at radius 2 is 1.26 bits per heavy atom. The van der Waals surface area contributed by atoms with E-state index in [0.29, 0.717) is 0 Å². The summed E-state index contributed by atoms with van der Waals surface area (Å²) in [5.41, 5.74) is 0. The van der Waals surface area contributed by atoms with Crippen molar-refractivity contribution in [1.29, 1.82) is 0 Å². The van der Waals surface area contributed by atoms with E-state index in [4.69, 9.17) is 0 Å². The lowest BCUT2D eigenvalue weighted by Gasteiger charge is -2.10. The van der Waals surface area contributed by atoms with Gasteiger partial charge < -0.3 is 0 Å². The normalized spacial score (nSPS) is 11.2. The molecule has 0 aromatic heterocycles. The number of benzene rings is 4. The van der Waals surface area contributed by atoms with Gasteiger partial charge in [0.1, 0.15) is 0 Å². The Balaban J connectivity index is 1.80. The molecule has 0 heterocycles. The zero-order valence-corrected chi connectivity index (χ0v) is 14.5. The molecule has 0 nitrogen and oxygen atoms in total. The standard InChI is InChI=1S/C21H16S2/c1-22-20-12-13-21(19-9-5-4-8-18(19)20)23-17-11-10-15-6-2-3-7-16(15)14-17/h2-14H,1H3. The van der Waals surface area contributed by atoms with Crippen LogP contribution in [0.4, 0.5) is 0 Å². The molecule has 0 fully saturated rings. The van der Waals surface area contributed by atoms with Crippen molar-refractivity contribution >= 4 is 45.1 Å². The summed E-state index contributed by atoms with van der Waals surface area (Å²) in [6.45, 7) is 0. The fourth-order valence-electron chi connectivity index (χ4n) is 2.87. The minimum atomic E-state index is 1.28. The van der Waals surface area contributed by atoms with E-state index in [1.165, 1.54) is 36.2 Å². The quantitative estimate of drug-likeness (QED) is 0.376. The van der Waals surface area contributed by atoms with Crippen molar-refractivity contribution < 1.29 is 0 Å². The van der Waals surface area contributed by atoms with Gasteiger partial charge in [0.2, 0.25) is 0 Å². The topological polar surface area (TPSA) is 0 Å². The third-order valence-corrected chi connectivity index (χ3v) is 5.87. The summed E-state index contributed by atoms with van der Waals surface area (Å²) in [6.07, 6.45) is 2.14. The van der Waals surface area contributed by atoms with Crippen LogP contribution < -0.4 is 0 Å². The second kappa shape index (κ2) is 6.31. The molecule has 0 saturated heterocycles. The molecule has 0 N–H and O–H groups in total. The molecule has 0 aliphatic heterocycles. The molecule has 0 atom stereocenters. The molecule has 0 amide bonds. The van der Waals surface area contributed by atoms with Crippen molar-refractivity contribution in [2.24, 2.45) is 0 Å². The molecular formula is C21H16S2. The maximum Gasteiger partial charge on any atom is 0.0201 e. The summed E-state index contributed by atoms with van der Waals surface area (Å²) in [5, 5.41) is 5.25. The second-order valence-electron chi connectivity index (χ2n) is 5.42. The number of rotatable bonds is 3. The third kappa shape index (κ3) is 2.85. The maximum absolute atomic E-state index is 2.28. The first kappa shape index (κ1) is 14.7. The Labute approximate surface area is 144 Å². The van der Waals surface area contributed by atoms with Crippen molar-refractivity contribution in [3.63, 3.8) is 0 Å². The summed E-state index contributed by atoms with van der Waals surface area (Å²) in [5.74, 6) is 0. The van der Waals surface area contributed by atoms with Gasteiger partial charge in [-0.2, -0.15) is 0 Å². The molecule has 112 valence electrons. The summed E-state index contributed by atoms with van der Waals surface area (Å²) in [7, 11) is 0. The summed E-state index contributed by atoms with van der Waals surface area (Å²) >= 11 is 3.65. The van der Waals surface area contributed by atoms with Crippen LogP contribution in [0.2, 0.25) is 0 Å². The molecule has 0 spiro atoms. The Bertz CT molecular complexity index is 989. The minimum Gasteiger partial charge on any atom is -0.129 e.